The summed E-state index contributed by atoms with van der Waals surface area (Å²) < 4.78 is 14.5. The monoisotopic (exact) mass is 397 g/mol. The summed E-state index contributed by atoms with van der Waals surface area (Å²) in [6.07, 6.45) is 5.80. The Morgan fingerprint density at radius 3 is 2.31 bits per heavy atom. The highest BCUT2D eigenvalue weighted by Gasteiger charge is 2.32. The van der Waals surface area contributed by atoms with Gasteiger partial charge in [-0.1, -0.05) is 18.2 Å². The first kappa shape index (κ1) is 19.8. The van der Waals surface area contributed by atoms with Crippen LogP contribution < -0.4 is 4.90 Å². The first-order chi connectivity index (χ1) is 14.2. The molecule has 0 saturated carbocycles. The summed E-state index contributed by atoms with van der Waals surface area (Å²) in [5, 5.41) is 9.30. The Bertz CT molecular complexity index is 829. The van der Waals surface area contributed by atoms with E-state index in [1.165, 1.54) is 0 Å². The molecule has 0 bridgehead atoms. The van der Waals surface area contributed by atoms with Crippen molar-refractivity contribution in [1.82, 2.24) is 9.88 Å². The van der Waals surface area contributed by atoms with Gasteiger partial charge in [0.1, 0.15) is 5.69 Å². The van der Waals surface area contributed by atoms with E-state index in [2.05, 4.69) is 9.88 Å². The van der Waals surface area contributed by atoms with E-state index in [4.69, 9.17) is 0 Å². The molecule has 2 saturated heterocycles. The van der Waals surface area contributed by atoms with Crippen molar-refractivity contribution in [2.75, 3.05) is 31.1 Å². The standard InChI is InChI=1S/C23H28FN3O2/c24-22-19(16-28)4-3-6-21(22)26-12-7-17(8-13-26)18-9-14-27(15-10-18)23(29)20-5-1-2-11-25-20/h1-6,11,17-18,28H,7-10,12-16H2. The Kier molecular flexibility index (Phi) is 6.09. The Morgan fingerprint density at radius 2 is 1.69 bits per heavy atom. The van der Waals surface area contributed by atoms with Crippen LogP contribution in [-0.2, 0) is 6.61 Å². The number of nitrogens with zero attached hydrogens (tertiary/aromatic N) is 3. The number of halogens is 1. The topological polar surface area (TPSA) is 56.7 Å². The minimum Gasteiger partial charge on any atom is -0.392 e. The number of amides is 1. The largest absolute Gasteiger partial charge is 0.392 e. The van der Waals surface area contributed by atoms with E-state index in [0.29, 0.717) is 28.8 Å². The third-order valence-corrected chi connectivity index (χ3v) is 6.49. The summed E-state index contributed by atoms with van der Waals surface area (Å²) in [5.74, 6) is 0.980. The lowest BCUT2D eigenvalue weighted by atomic mass is 9.78. The van der Waals surface area contributed by atoms with Gasteiger partial charge in [0.05, 0.1) is 12.3 Å². The molecule has 2 aliphatic heterocycles. The van der Waals surface area contributed by atoms with Gasteiger partial charge in [0, 0.05) is 37.9 Å². The number of carbonyl (C=O) groups excluding carboxylic acids is 1. The Morgan fingerprint density at radius 1 is 1.00 bits per heavy atom. The van der Waals surface area contributed by atoms with Crippen molar-refractivity contribution in [2.24, 2.45) is 11.8 Å². The van der Waals surface area contributed by atoms with Gasteiger partial charge >= 0.3 is 0 Å². The van der Waals surface area contributed by atoms with Crippen LogP contribution in [0.4, 0.5) is 10.1 Å². The number of carbonyl (C=O) groups is 1. The van der Waals surface area contributed by atoms with E-state index in [0.717, 1.165) is 51.9 Å². The van der Waals surface area contributed by atoms with Crippen LogP contribution in [0.1, 0.15) is 41.7 Å². The molecule has 2 fully saturated rings. The summed E-state index contributed by atoms with van der Waals surface area (Å²) in [4.78, 5) is 20.8. The van der Waals surface area contributed by atoms with Crippen molar-refractivity contribution in [1.29, 1.82) is 0 Å². The molecule has 1 aromatic carbocycles. The number of likely N-dealkylation sites (tertiary alicyclic amines) is 1. The van der Waals surface area contributed by atoms with Gasteiger partial charge in [-0.25, -0.2) is 4.39 Å². The molecular weight excluding hydrogens is 369 g/mol. The Hall–Kier alpha value is -2.47. The number of rotatable bonds is 4. The van der Waals surface area contributed by atoms with Gasteiger partial charge in [0.2, 0.25) is 0 Å². The van der Waals surface area contributed by atoms with E-state index in [1.54, 1.807) is 24.4 Å². The number of aliphatic hydroxyl groups excluding tert-OH is 1. The van der Waals surface area contributed by atoms with Crippen molar-refractivity contribution in [3.8, 4) is 0 Å². The van der Waals surface area contributed by atoms with Crippen LogP contribution in [0, 0.1) is 17.7 Å². The molecule has 0 atom stereocenters. The number of aliphatic hydroxyl groups is 1. The zero-order valence-electron chi connectivity index (χ0n) is 16.6. The summed E-state index contributed by atoms with van der Waals surface area (Å²) in [7, 11) is 0. The van der Waals surface area contributed by atoms with Crippen molar-refractivity contribution >= 4 is 11.6 Å². The maximum Gasteiger partial charge on any atom is 0.272 e. The lowest BCUT2D eigenvalue weighted by Gasteiger charge is -2.41. The SMILES string of the molecule is O=C(c1ccccn1)N1CCC(C2CCN(c3cccc(CO)c3F)CC2)CC1. The van der Waals surface area contributed by atoms with Gasteiger partial charge < -0.3 is 14.9 Å². The van der Waals surface area contributed by atoms with E-state index in [9.17, 15) is 14.3 Å². The number of hydrogen-bond acceptors (Lipinski definition) is 4. The average Bonchev–Trinajstić information content (AvgIpc) is 2.80. The number of hydrogen-bond donors (Lipinski definition) is 1. The quantitative estimate of drug-likeness (QED) is 0.858. The molecule has 1 aromatic heterocycles. The van der Waals surface area contributed by atoms with Gasteiger partial charge in [0.15, 0.2) is 5.82 Å². The molecule has 3 heterocycles. The molecule has 1 N–H and O–H groups in total. The summed E-state index contributed by atoms with van der Waals surface area (Å²) in [6.45, 7) is 2.97. The first-order valence-corrected chi connectivity index (χ1v) is 10.5. The van der Waals surface area contributed by atoms with Crippen molar-refractivity contribution in [3.63, 3.8) is 0 Å². The minimum atomic E-state index is -0.296. The number of benzene rings is 1. The second kappa shape index (κ2) is 8.91. The lowest BCUT2D eigenvalue weighted by molar-refractivity contribution is 0.0640. The molecule has 0 aliphatic carbocycles. The Balaban J connectivity index is 1.30. The molecule has 4 rings (SSSR count). The molecule has 0 radical (unpaired) electrons. The van der Waals surface area contributed by atoms with Crippen molar-refractivity contribution in [3.05, 3.63) is 59.7 Å². The van der Waals surface area contributed by atoms with Gasteiger partial charge in [0.25, 0.3) is 5.91 Å². The molecule has 2 aliphatic rings. The van der Waals surface area contributed by atoms with E-state index in [1.807, 2.05) is 23.1 Å². The second-order valence-electron chi connectivity index (χ2n) is 8.08. The molecule has 1 amide bonds. The van der Waals surface area contributed by atoms with E-state index >= 15 is 0 Å². The minimum absolute atomic E-state index is 0.0260. The normalized spacial score (nSPS) is 18.8. The number of pyridine rings is 1. The molecule has 29 heavy (non-hydrogen) atoms. The van der Waals surface area contributed by atoms with Crippen molar-refractivity contribution in [2.45, 2.75) is 32.3 Å². The fourth-order valence-corrected chi connectivity index (χ4v) is 4.77. The zero-order chi connectivity index (χ0) is 20.2. The summed E-state index contributed by atoms with van der Waals surface area (Å²) in [6, 6.07) is 10.7. The molecule has 0 unspecified atom stereocenters. The van der Waals surface area contributed by atoms with Crippen LogP contribution >= 0.6 is 0 Å². The number of anilines is 1. The molecular formula is C23H28FN3O2. The molecule has 2 aromatic rings. The lowest BCUT2D eigenvalue weighted by Crippen LogP contribution is -2.43. The fourth-order valence-electron chi connectivity index (χ4n) is 4.77. The summed E-state index contributed by atoms with van der Waals surface area (Å²) in [5.41, 5.74) is 1.48. The Labute approximate surface area is 171 Å². The molecule has 6 heteroatoms. The van der Waals surface area contributed by atoms with Crippen LogP contribution in [0.25, 0.3) is 0 Å². The average molecular weight is 397 g/mol. The van der Waals surface area contributed by atoms with Crippen molar-refractivity contribution < 1.29 is 14.3 Å². The van der Waals surface area contributed by atoms with Crippen LogP contribution in [0.2, 0.25) is 0 Å². The van der Waals surface area contributed by atoms with Gasteiger partial charge in [-0.2, -0.15) is 0 Å². The third-order valence-electron chi connectivity index (χ3n) is 6.49. The maximum absolute atomic E-state index is 14.5. The predicted molar refractivity (Wildman–Crippen MR) is 110 cm³/mol. The van der Waals surface area contributed by atoms with Crippen LogP contribution in [0.15, 0.2) is 42.6 Å². The third kappa shape index (κ3) is 4.27. The molecule has 154 valence electrons. The van der Waals surface area contributed by atoms with Crippen LogP contribution in [0.5, 0.6) is 0 Å². The van der Waals surface area contributed by atoms with Crippen LogP contribution in [-0.4, -0.2) is 47.1 Å². The van der Waals surface area contributed by atoms with Gasteiger partial charge in [-0.05, 0) is 55.7 Å². The zero-order valence-corrected chi connectivity index (χ0v) is 16.6. The smallest absolute Gasteiger partial charge is 0.272 e. The first-order valence-electron chi connectivity index (χ1n) is 10.5. The summed E-state index contributed by atoms with van der Waals surface area (Å²) >= 11 is 0. The molecule has 5 nitrogen and oxygen atoms in total. The fraction of sp³-hybridized carbons (Fsp3) is 0.478. The molecule has 0 spiro atoms. The number of aromatic nitrogens is 1. The van der Waals surface area contributed by atoms with E-state index in [-0.39, 0.29) is 18.3 Å². The predicted octanol–water partition coefficient (Wildman–Crippen LogP) is 3.48. The van der Waals surface area contributed by atoms with Gasteiger partial charge in [-0.3, -0.25) is 9.78 Å². The maximum atomic E-state index is 14.5. The van der Waals surface area contributed by atoms with E-state index < -0.39 is 0 Å². The highest BCUT2D eigenvalue weighted by Crippen LogP contribution is 2.35. The van der Waals surface area contributed by atoms with Crippen LogP contribution in [0.3, 0.4) is 0 Å². The second-order valence-corrected chi connectivity index (χ2v) is 8.08. The highest BCUT2D eigenvalue weighted by molar-refractivity contribution is 5.92. The highest BCUT2D eigenvalue weighted by atomic mass is 19.1. The van der Waals surface area contributed by atoms with Gasteiger partial charge in [-0.15, -0.1) is 0 Å². The number of piperidine rings is 2.